The van der Waals surface area contributed by atoms with E-state index in [0.29, 0.717) is 0 Å². The van der Waals surface area contributed by atoms with E-state index >= 15 is 0 Å². The third-order valence-electron chi connectivity index (χ3n) is 3.70. The molecule has 0 N–H and O–H groups in total. The molecule has 0 saturated carbocycles. The van der Waals surface area contributed by atoms with Crippen molar-refractivity contribution in [1.82, 2.24) is 0 Å². The largest absolute Gasteiger partial charge is 0.373 e. The summed E-state index contributed by atoms with van der Waals surface area (Å²) in [6, 6.07) is 20.9. The van der Waals surface area contributed by atoms with Crippen LogP contribution in [0.3, 0.4) is 0 Å². The Labute approximate surface area is 136 Å². The van der Waals surface area contributed by atoms with Crippen molar-refractivity contribution in [2.24, 2.45) is 0 Å². The smallest absolute Gasteiger partial charge is 0.0853 e. The first kappa shape index (κ1) is 16.3. The molecule has 2 aromatic carbocycles. The Hall–Kier alpha value is -1.12. The minimum atomic E-state index is 0. The fourth-order valence-corrected chi connectivity index (χ4v) is 2.64. The van der Waals surface area contributed by atoms with Gasteiger partial charge in [-0.1, -0.05) is 60.7 Å². The van der Waals surface area contributed by atoms with Crippen LogP contribution in [0.15, 0.2) is 60.7 Å². The van der Waals surface area contributed by atoms with Gasteiger partial charge in [-0.15, -0.1) is 0 Å². The number of hydrogen-bond acceptors (Lipinski definition) is 2. The van der Waals surface area contributed by atoms with Crippen molar-refractivity contribution in [3.8, 4) is 0 Å². The predicted octanol–water partition coefficient (Wildman–Crippen LogP) is 4.29. The molecule has 0 radical (unpaired) electrons. The Morgan fingerprint density at radius 2 is 1.10 bits per heavy atom. The Balaban J connectivity index is 0.00000161. The molecule has 1 heterocycles. The number of ether oxygens (including phenoxy) is 2. The third kappa shape index (κ3) is 4.42. The van der Waals surface area contributed by atoms with Gasteiger partial charge in [-0.25, -0.2) is 0 Å². The molecule has 2 atom stereocenters. The van der Waals surface area contributed by atoms with E-state index < -0.39 is 0 Å². The van der Waals surface area contributed by atoms with E-state index in [1.807, 2.05) is 12.1 Å². The van der Waals surface area contributed by atoms with Gasteiger partial charge in [0.1, 0.15) is 0 Å². The van der Waals surface area contributed by atoms with Crippen molar-refractivity contribution < 1.29 is 26.5 Å². The molecule has 0 aromatic heterocycles. The van der Waals surface area contributed by atoms with E-state index in [-0.39, 0.29) is 29.3 Å². The molecule has 1 fully saturated rings. The monoisotopic (exact) mass is 324 g/mol. The molecule has 112 valence electrons. The van der Waals surface area contributed by atoms with Gasteiger partial charge in [0.2, 0.25) is 0 Å². The molecule has 1 saturated heterocycles. The molecule has 2 nitrogen and oxygen atoms in total. The van der Waals surface area contributed by atoms with Crippen LogP contribution in [0.5, 0.6) is 0 Å². The maximum Gasteiger partial charge on any atom is 0.0853 e. The number of rotatable bonds is 2. The van der Waals surface area contributed by atoms with Crippen molar-refractivity contribution in [1.29, 1.82) is 0 Å². The van der Waals surface area contributed by atoms with Gasteiger partial charge in [0.25, 0.3) is 0 Å². The van der Waals surface area contributed by atoms with Gasteiger partial charge in [0, 0.05) is 36.7 Å². The summed E-state index contributed by atoms with van der Waals surface area (Å²) >= 11 is 0. The van der Waals surface area contributed by atoms with Crippen LogP contribution in [0.4, 0.5) is 0 Å². The molecule has 3 heteroatoms. The molecule has 0 spiro atoms. The first-order valence-electron chi connectivity index (χ1n) is 7.26. The molecule has 0 bridgehead atoms. The zero-order valence-corrected chi connectivity index (χ0v) is 13.0. The summed E-state index contributed by atoms with van der Waals surface area (Å²) in [5.74, 6) is 0. The average molecular weight is 324 g/mol. The fourth-order valence-electron chi connectivity index (χ4n) is 2.64. The van der Waals surface area contributed by atoms with Crippen LogP contribution in [0.1, 0.15) is 36.2 Å². The summed E-state index contributed by atoms with van der Waals surface area (Å²) in [6.07, 6.45) is 2.05. The molecular weight excluding hydrogens is 304 g/mol. The molecule has 2 aromatic rings. The Morgan fingerprint density at radius 3 is 1.52 bits per heavy atom. The van der Waals surface area contributed by atoms with E-state index in [1.54, 1.807) is 0 Å². The number of hydrogen-bond donors (Lipinski definition) is 0. The van der Waals surface area contributed by atoms with Crippen LogP contribution in [-0.4, -0.2) is 13.2 Å². The predicted molar refractivity (Wildman–Crippen MR) is 79.5 cm³/mol. The maximum atomic E-state index is 6.04. The summed E-state index contributed by atoms with van der Waals surface area (Å²) in [5.41, 5.74) is 2.47. The topological polar surface area (TPSA) is 18.5 Å². The first-order valence-corrected chi connectivity index (χ1v) is 7.26. The zero-order valence-electron chi connectivity index (χ0n) is 11.9. The van der Waals surface area contributed by atoms with Crippen LogP contribution >= 0.6 is 0 Å². The van der Waals surface area contributed by atoms with Crippen molar-refractivity contribution in [2.45, 2.75) is 25.0 Å². The summed E-state index contributed by atoms with van der Waals surface area (Å²) < 4.78 is 12.1. The Bertz CT molecular complexity index is 468. The third-order valence-corrected chi connectivity index (χ3v) is 3.70. The van der Waals surface area contributed by atoms with Gasteiger partial charge >= 0.3 is 0 Å². The van der Waals surface area contributed by atoms with Crippen molar-refractivity contribution >= 4 is 0 Å². The number of benzene rings is 2. The standard InChI is InChI=1S/C18H20O2.Fe/c1-3-8-15(9-4-1)17-14-18(20-13-7-12-19-17)16-10-5-2-6-11-16;/h1-6,8-11,17-18H,7,12-14H2;. The van der Waals surface area contributed by atoms with Gasteiger partial charge in [0.05, 0.1) is 12.2 Å². The normalized spacial score (nSPS) is 22.7. The average Bonchev–Trinajstić information content (AvgIpc) is 2.49. The SMILES string of the molecule is [Fe].c1ccc(C2CC(c3ccccc3)OCCCO2)cc1. The van der Waals surface area contributed by atoms with E-state index in [0.717, 1.165) is 26.1 Å². The van der Waals surface area contributed by atoms with E-state index in [4.69, 9.17) is 9.47 Å². The Kier molecular flexibility index (Phi) is 6.47. The van der Waals surface area contributed by atoms with Gasteiger partial charge in [-0.3, -0.25) is 0 Å². The van der Waals surface area contributed by atoms with Crippen LogP contribution in [0.2, 0.25) is 0 Å². The quantitative estimate of drug-likeness (QED) is 0.767. The molecule has 0 amide bonds. The van der Waals surface area contributed by atoms with Gasteiger partial charge in [-0.2, -0.15) is 0 Å². The van der Waals surface area contributed by atoms with Gasteiger partial charge in [-0.05, 0) is 17.5 Å². The summed E-state index contributed by atoms with van der Waals surface area (Å²) in [5, 5.41) is 0. The molecule has 3 rings (SSSR count). The van der Waals surface area contributed by atoms with Gasteiger partial charge < -0.3 is 9.47 Å². The van der Waals surface area contributed by atoms with Crippen LogP contribution in [0.25, 0.3) is 0 Å². The van der Waals surface area contributed by atoms with Crippen molar-refractivity contribution in [2.75, 3.05) is 13.2 Å². The second-order valence-electron chi connectivity index (χ2n) is 5.13. The molecule has 1 aliphatic heterocycles. The zero-order chi connectivity index (χ0) is 13.6. The van der Waals surface area contributed by atoms with Crippen LogP contribution in [-0.2, 0) is 26.5 Å². The minimum Gasteiger partial charge on any atom is -0.373 e. The van der Waals surface area contributed by atoms with E-state index in [2.05, 4.69) is 48.5 Å². The van der Waals surface area contributed by atoms with Crippen LogP contribution < -0.4 is 0 Å². The van der Waals surface area contributed by atoms with Gasteiger partial charge in [0.15, 0.2) is 0 Å². The van der Waals surface area contributed by atoms with Crippen molar-refractivity contribution in [3.63, 3.8) is 0 Å². The van der Waals surface area contributed by atoms with Crippen molar-refractivity contribution in [3.05, 3.63) is 71.8 Å². The fraction of sp³-hybridized carbons (Fsp3) is 0.333. The molecule has 21 heavy (non-hydrogen) atoms. The summed E-state index contributed by atoms with van der Waals surface area (Å²) in [7, 11) is 0. The second-order valence-corrected chi connectivity index (χ2v) is 5.13. The van der Waals surface area contributed by atoms with Crippen LogP contribution in [0, 0.1) is 0 Å². The Morgan fingerprint density at radius 1 is 0.667 bits per heavy atom. The molecular formula is C18H20FeO2. The first-order chi connectivity index (χ1) is 9.93. The van der Waals surface area contributed by atoms with E-state index in [1.165, 1.54) is 11.1 Å². The maximum absolute atomic E-state index is 6.04. The molecule has 0 aliphatic carbocycles. The van der Waals surface area contributed by atoms with E-state index in [9.17, 15) is 0 Å². The second kappa shape index (κ2) is 8.35. The molecule has 2 unspecified atom stereocenters. The summed E-state index contributed by atoms with van der Waals surface area (Å²) in [6.45, 7) is 1.53. The minimum absolute atomic E-state index is 0. The summed E-state index contributed by atoms with van der Waals surface area (Å²) in [4.78, 5) is 0. The molecule has 1 aliphatic rings.